The molecule has 1 saturated carbocycles. The van der Waals surface area contributed by atoms with E-state index < -0.39 is 18.0 Å². The van der Waals surface area contributed by atoms with Gasteiger partial charge in [0.15, 0.2) is 5.82 Å². The van der Waals surface area contributed by atoms with E-state index in [1.165, 1.54) is 18.3 Å². The van der Waals surface area contributed by atoms with Crippen molar-refractivity contribution in [1.82, 2.24) is 20.3 Å². The maximum Gasteiger partial charge on any atom is 0.281 e. The lowest BCUT2D eigenvalue weighted by atomic mass is 10.1. The first-order valence-corrected chi connectivity index (χ1v) is 6.97. The van der Waals surface area contributed by atoms with E-state index in [4.69, 9.17) is 0 Å². The number of amides is 1. The summed E-state index contributed by atoms with van der Waals surface area (Å²) < 4.78 is 25.9. The summed E-state index contributed by atoms with van der Waals surface area (Å²) in [7, 11) is 0. The van der Waals surface area contributed by atoms with Crippen molar-refractivity contribution in [3.63, 3.8) is 0 Å². The van der Waals surface area contributed by atoms with Crippen molar-refractivity contribution < 1.29 is 13.6 Å². The average Bonchev–Trinajstić information content (AvgIpc) is 3.38. The van der Waals surface area contributed by atoms with Gasteiger partial charge in [0.05, 0.1) is 11.6 Å². The molecule has 114 valence electrons. The SMILES string of the molecule is O=C(NC(c1ncccn1)C1CC1)c1cccnc1C(F)F. The van der Waals surface area contributed by atoms with E-state index in [0.717, 1.165) is 12.8 Å². The van der Waals surface area contributed by atoms with Crippen molar-refractivity contribution >= 4 is 5.91 Å². The molecule has 2 aromatic rings. The number of pyridine rings is 1. The Morgan fingerprint density at radius 2 is 1.82 bits per heavy atom. The minimum atomic E-state index is -2.80. The summed E-state index contributed by atoms with van der Waals surface area (Å²) in [5, 5.41) is 2.77. The van der Waals surface area contributed by atoms with E-state index in [0.29, 0.717) is 5.82 Å². The monoisotopic (exact) mass is 304 g/mol. The molecule has 2 aromatic heterocycles. The van der Waals surface area contributed by atoms with Crippen LogP contribution in [0.2, 0.25) is 0 Å². The van der Waals surface area contributed by atoms with Crippen LogP contribution in [0.25, 0.3) is 0 Å². The number of hydrogen-bond donors (Lipinski definition) is 1. The van der Waals surface area contributed by atoms with Crippen LogP contribution in [0, 0.1) is 5.92 Å². The highest BCUT2D eigenvalue weighted by Crippen LogP contribution is 2.40. The molecule has 0 radical (unpaired) electrons. The summed E-state index contributed by atoms with van der Waals surface area (Å²) in [5.41, 5.74) is -0.623. The maximum atomic E-state index is 13.0. The zero-order chi connectivity index (χ0) is 15.5. The second-order valence-electron chi connectivity index (χ2n) is 5.13. The lowest BCUT2D eigenvalue weighted by molar-refractivity contribution is 0.0913. The molecule has 1 aliphatic rings. The average molecular weight is 304 g/mol. The highest BCUT2D eigenvalue weighted by molar-refractivity contribution is 5.95. The Balaban J connectivity index is 1.83. The summed E-state index contributed by atoms with van der Waals surface area (Å²) in [6.45, 7) is 0. The third-order valence-corrected chi connectivity index (χ3v) is 3.53. The van der Waals surface area contributed by atoms with Crippen molar-refractivity contribution in [1.29, 1.82) is 0 Å². The van der Waals surface area contributed by atoms with Crippen molar-refractivity contribution in [2.45, 2.75) is 25.3 Å². The van der Waals surface area contributed by atoms with E-state index in [1.807, 2.05) is 0 Å². The topological polar surface area (TPSA) is 67.8 Å². The number of carbonyl (C=O) groups excluding carboxylic acids is 1. The first kappa shape index (κ1) is 14.5. The molecule has 0 saturated heterocycles. The van der Waals surface area contributed by atoms with Gasteiger partial charge in [-0.1, -0.05) is 0 Å². The molecule has 0 bridgehead atoms. The molecular formula is C15H14F2N4O. The maximum absolute atomic E-state index is 13.0. The first-order valence-electron chi connectivity index (χ1n) is 6.97. The van der Waals surface area contributed by atoms with Crippen LogP contribution in [-0.4, -0.2) is 20.9 Å². The third-order valence-electron chi connectivity index (χ3n) is 3.53. The minimum Gasteiger partial charge on any atom is -0.342 e. The minimum absolute atomic E-state index is 0.112. The van der Waals surface area contributed by atoms with Crippen LogP contribution in [-0.2, 0) is 0 Å². The first-order chi connectivity index (χ1) is 10.7. The van der Waals surface area contributed by atoms with Crippen molar-refractivity contribution in [3.05, 3.63) is 53.9 Å². The normalized spacial score (nSPS) is 15.6. The van der Waals surface area contributed by atoms with Crippen LogP contribution >= 0.6 is 0 Å². The molecule has 1 fully saturated rings. The zero-order valence-electron chi connectivity index (χ0n) is 11.6. The van der Waals surface area contributed by atoms with E-state index >= 15 is 0 Å². The summed E-state index contributed by atoms with van der Waals surface area (Å²) in [4.78, 5) is 24.3. The number of aromatic nitrogens is 3. The summed E-state index contributed by atoms with van der Waals surface area (Å²) in [6.07, 6.45) is 3.55. The van der Waals surface area contributed by atoms with Crippen molar-refractivity contribution in [2.24, 2.45) is 5.92 Å². The summed E-state index contributed by atoms with van der Waals surface area (Å²) in [5.74, 6) is 0.173. The highest BCUT2D eigenvalue weighted by atomic mass is 19.3. The van der Waals surface area contributed by atoms with E-state index in [2.05, 4.69) is 20.3 Å². The lowest BCUT2D eigenvalue weighted by Crippen LogP contribution is -2.32. The fourth-order valence-electron chi connectivity index (χ4n) is 2.30. The number of nitrogens with one attached hydrogen (secondary N) is 1. The van der Waals surface area contributed by atoms with Crippen molar-refractivity contribution in [2.75, 3.05) is 0 Å². The molecule has 1 N–H and O–H groups in total. The second kappa shape index (κ2) is 6.13. The van der Waals surface area contributed by atoms with Crippen LogP contribution < -0.4 is 5.32 Å². The number of nitrogens with zero attached hydrogens (tertiary/aromatic N) is 3. The van der Waals surface area contributed by atoms with Crippen LogP contribution in [0.4, 0.5) is 8.78 Å². The standard InChI is InChI=1S/C15H14F2N4O/c16-13(17)12-10(3-1-6-18-12)15(22)21-11(9-4-5-9)14-19-7-2-8-20-14/h1-3,6-9,11,13H,4-5H2,(H,21,22). The van der Waals surface area contributed by atoms with E-state index in [9.17, 15) is 13.6 Å². The van der Waals surface area contributed by atoms with Gasteiger partial charge in [-0.15, -0.1) is 0 Å². The van der Waals surface area contributed by atoms with Gasteiger partial charge in [-0.25, -0.2) is 18.7 Å². The van der Waals surface area contributed by atoms with Crippen LogP contribution in [0.15, 0.2) is 36.8 Å². The Morgan fingerprint density at radius 3 is 2.45 bits per heavy atom. The van der Waals surface area contributed by atoms with E-state index in [1.54, 1.807) is 18.5 Å². The Morgan fingerprint density at radius 1 is 1.14 bits per heavy atom. The van der Waals surface area contributed by atoms with Gasteiger partial charge in [0, 0.05) is 18.6 Å². The molecule has 0 aromatic carbocycles. The van der Waals surface area contributed by atoms with Gasteiger partial charge in [-0.3, -0.25) is 9.78 Å². The van der Waals surface area contributed by atoms with Crippen molar-refractivity contribution in [3.8, 4) is 0 Å². The molecule has 0 spiro atoms. The Labute approximate surface area is 125 Å². The number of halogens is 2. The fraction of sp³-hybridized carbons (Fsp3) is 0.333. The van der Waals surface area contributed by atoms with E-state index in [-0.39, 0.29) is 17.5 Å². The lowest BCUT2D eigenvalue weighted by Gasteiger charge is -2.17. The predicted molar refractivity (Wildman–Crippen MR) is 74.2 cm³/mol. The Hall–Kier alpha value is -2.44. The fourth-order valence-corrected chi connectivity index (χ4v) is 2.30. The van der Waals surface area contributed by atoms with Gasteiger partial charge >= 0.3 is 0 Å². The molecule has 3 rings (SSSR count). The molecule has 22 heavy (non-hydrogen) atoms. The zero-order valence-corrected chi connectivity index (χ0v) is 11.6. The molecule has 5 nitrogen and oxygen atoms in total. The van der Waals surface area contributed by atoms with Crippen LogP contribution in [0.3, 0.4) is 0 Å². The molecule has 1 aliphatic carbocycles. The van der Waals surface area contributed by atoms with Gasteiger partial charge < -0.3 is 5.32 Å². The van der Waals surface area contributed by atoms with Crippen LogP contribution in [0.5, 0.6) is 0 Å². The quantitative estimate of drug-likeness (QED) is 0.922. The Bertz CT molecular complexity index is 662. The molecule has 1 unspecified atom stereocenters. The molecule has 2 heterocycles. The van der Waals surface area contributed by atoms with Gasteiger partial charge in [0.1, 0.15) is 5.69 Å². The third kappa shape index (κ3) is 3.08. The van der Waals surface area contributed by atoms with Gasteiger partial charge in [0.2, 0.25) is 0 Å². The second-order valence-corrected chi connectivity index (χ2v) is 5.13. The van der Waals surface area contributed by atoms with Gasteiger partial charge in [-0.2, -0.15) is 0 Å². The van der Waals surface area contributed by atoms with Gasteiger partial charge in [0.25, 0.3) is 12.3 Å². The molecule has 1 amide bonds. The number of rotatable bonds is 5. The summed E-state index contributed by atoms with van der Waals surface area (Å²) in [6, 6.07) is 4.14. The molecular weight excluding hydrogens is 290 g/mol. The largest absolute Gasteiger partial charge is 0.342 e. The highest BCUT2D eigenvalue weighted by Gasteiger charge is 2.36. The summed E-state index contributed by atoms with van der Waals surface area (Å²) >= 11 is 0. The number of alkyl halides is 2. The number of hydrogen-bond acceptors (Lipinski definition) is 4. The predicted octanol–water partition coefficient (Wildman–Crippen LogP) is 2.69. The number of carbonyl (C=O) groups is 1. The molecule has 7 heteroatoms. The molecule has 1 atom stereocenters. The molecule has 0 aliphatic heterocycles. The Kier molecular flexibility index (Phi) is 4.04. The van der Waals surface area contributed by atoms with Crippen LogP contribution in [0.1, 0.15) is 47.2 Å². The smallest absolute Gasteiger partial charge is 0.281 e. The van der Waals surface area contributed by atoms with Gasteiger partial charge in [-0.05, 0) is 37.0 Å².